The number of nitrogens with zero attached hydrogens (tertiary/aromatic N) is 2. The number of nitrogens with two attached hydrogens (primary N) is 1. The van der Waals surface area contributed by atoms with Crippen LogP contribution < -0.4 is 16.0 Å². The molecule has 112 valence electrons. The third-order valence-electron chi connectivity index (χ3n) is 2.91. The van der Waals surface area contributed by atoms with E-state index in [-0.39, 0.29) is 5.91 Å². The Morgan fingerprint density at radius 2 is 2.00 bits per heavy atom. The number of rotatable bonds is 6. The van der Waals surface area contributed by atoms with Gasteiger partial charge in [0.15, 0.2) is 5.82 Å². The summed E-state index contributed by atoms with van der Waals surface area (Å²) >= 11 is 0. The zero-order valence-corrected chi connectivity index (χ0v) is 12.5. The van der Waals surface area contributed by atoms with Crippen LogP contribution in [0.2, 0.25) is 0 Å². The van der Waals surface area contributed by atoms with Crippen molar-refractivity contribution in [1.82, 2.24) is 4.90 Å². The molecule has 0 heterocycles. The van der Waals surface area contributed by atoms with Gasteiger partial charge in [-0.15, -0.1) is 0 Å². The minimum absolute atomic E-state index is 0.250. The minimum atomic E-state index is -0.422. The number of anilines is 3. The summed E-state index contributed by atoms with van der Waals surface area (Å²) in [7, 11) is 3.92. The normalized spacial score (nSPS) is 10.7. The number of carbonyl (C=O) groups is 1. The van der Waals surface area contributed by atoms with Crippen LogP contribution in [0.3, 0.4) is 0 Å². The molecule has 1 aromatic rings. The molecule has 5 nitrogen and oxygen atoms in total. The predicted octanol–water partition coefficient (Wildman–Crippen LogP) is 1.75. The van der Waals surface area contributed by atoms with E-state index < -0.39 is 5.82 Å². The van der Waals surface area contributed by atoms with Crippen LogP contribution in [0.25, 0.3) is 0 Å². The van der Waals surface area contributed by atoms with E-state index in [1.54, 1.807) is 6.07 Å². The first-order chi connectivity index (χ1) is 9.35. The molecule has 0 unspecified atom stereocenters. The first kappa shape index (κ1) is 16.2. The van der Waals surface area contributed by atoms with Gasteiger partial charge in [0.1, 0.15) is 0 Å². The smallest absolute Gasteiger partial charge is 0.221 e. The average Bonchev–Trinajstić information content (AvgIpc) is 2.31. The van der Waals surface area contributed by atoms with Crippen molar-refractivity contribution in [3.63, 3.8) is 0 Å². The number of nitrogens with one attached hydrogen (secondary N) is 1. The lowest BCUT2D eigenvalue weighted by Gasteiger charge is -2.27. The second-order valence-corrected chi connectivity index (χ2v) is 4.96. The molecule has 1 aromatic carbocycles. The van der Waals surface area contributed by atoms with Gasteiger partial charge in [0.05, 0.1) is 11.4 Å². The lowest BCUT2D eigenvalue weighted by atomic mass is 10.2. The SMILES string of the molecule is CCN(CCN(C)C)c1c(F)cc(N)cc1NC(C)=O. The maximum absolute atomic E-state index is 14.2. The molecule has 0 spiro atoms. The predicted molar refractivity (Wildman–Crippen MR) is 81.6 cm³/mol. The van der Waals surface area contributed by atoms with Crippen LogP contribution in [-0.4, -0.2) is 44.5 Å². The van der Waals surface area contributed by atoms with Crippen molar-refractivity contribution in [3.05, 3.63) is 17.9 Å². The molecular formula is C14H23FN4O. The Morgan fingerprint density at radius 3 is 2.50 bits per heavy atom. The lowest BCUT2D eigenvalue weighted by Crippen LogP contribution is -2.33. The van der Waals surface area contributed by atoms with Gasteiger partial charge in [0.2, 0.25) is 5.91 Å². The van der Waals surface area contributed by atoms with Crippen LogP contribution in [0.4, 0.5) is 21.5 Å². The molecule has 1 rings (SSSR count). The monoisotopic (exact) mass is 282 g/mol. The fourth-order valence-corrected chi connectivity index (χ4v) is 1.98. The second kappa shape index (κ2) is 7.09. The van der Waals surface area contributed by atoms with Crippen molar-refractivity contribution in [1.29, 1.82) is 0 Å². The number of amides is 1. The summed E-state index contributed by atoms with van der Waals surface area (Å²) < 4.78 is 14.2. The van der Waals surface area contributed by atoms with E-state index in [1.807, 2.05) is 30.8 Å². The van der Waals surface area contributed by atoms with Gasteiger partial charge in [-0.3, -0.25) is 4.79 Å². The number of likely N-dealkylation sites (N-methyl/N-ethyl adjacent to an activating group) is 2. The van der Waals surface area contributed by atoms with E-state index in [9.17, 15) is 9.18 Å². The Labute approximate surface area is 119 Å². The first-order valence-corrected chi connectivity index (χ1v) is 6.61. The van der Waals surface area contributed by atoms with E-state index in [4.69, 9.17) is 5.73 Å². The maximum atomic E-state index is 14.2. The zero-order chi connectivity index (χ0) is 15.3. The second-order valence-electron chi connectivity index (χ2n) is 4.96. The first-order valence-electron chi connectivity index (χ1n) is 6.61. The number of nitrogen functional groups attached to an aromatic ring is 1. The van der Waals surface area contributed by atoms with Crippen molar-refractivity contribution in [3.8, 4) is 0 Å². The molecule has 0 fully saturated rings. The van der Waals surface area contributed by atoms with Gasteiger partial charge in [0, 0.05) is 32.2 Å². The van der Waals surface area contributed by atoms with Crippen LogP contribution in [0, 0.1) is 5.82 Å². The van der Waals surface area contributed by atoms with E-state index in [2.05, 4.69) is 5.32 Å². The molecule has 0 aromatic heterocycles. The van der Waals surface area contributed by atoms with Gasteiger partial charge in [-0.1, -0.05) is 0 Å². The number of benzene rings is 1. The zero-order valence-electron chi connectivity index (χ0n) is 12.5. The van der Waals surface area contributed by atoms with Crippen LogP contribution in [0.5, 0.6) is 0 Å². The number of hydrogen-bond acceptors (Lipinski definition) is 4. The van der Waals surface area contributed by atoms with Gasteiger partial charge in [-0.25, -0.2) is 4.39 Å². The van der Waals surface area contributed by atoms with Gasteiger partial charge in [-0.05, 0) is 33.2 Å². The topological polar surface area (TPSA) is 61.6 Å². The van der Waals surface area contributed by atoms with Crippen LogP contribution >= 0.6 is 0 Å². The summed E-state index contributed by atoms with van der Waals surface area (Å²) in [6, 6.07) is 2.86. The molecule has 0 atom stereocenters. The minimum Gasteiger partial charge on any atom is -0.399 e. The number of carbonyl (C=O) groups excluding carboxylic acids is 1. The van der Waals surface area contributed by atoms with E-state index in [1.165, 1.54) is 13.0 Å². The summed E-state index contributed by atoms with van der Waals surface area (Å²) in [5.74, 6) is -0.672. The molecule has 0 radical (unpaired) electrons. The molecule has 0 saturated carbocycles. The summed E-state index contributed by atoms with van der Waals surface area (Å²) in [5, 5.41) is 2.64. The highest BCUT2D eigenvalue weighted by atomic mass is 19.1. The van der Waals surface area contributed by atoms with E-state index >= 15 is 0 Å². The Bertz CT molecular complexity index is 476. The van der Waals surface area contributed by atoms with Gasteiger partial charge < -0.3 is 20.9 Å². The molecule has 1 amide bonds. The maximum Gasteiger partial charge on any atom is 0.221 e. The molecule has 0 bridgehead atoms. The summed E-state index contributed by atoms with van der Waals surface area (Å²) in [4.78, 5) is 15.2. The Balaban J connectivity index is 3.14. The van der Waals surface area contributed by atoms with Crippen LogP contribution in [0.1, 0.15) is 13.8 Å². The lowest BCUT2D eigenvalue weighted by molar-refractivity contribution is -0.114. The fourth-order valence-electron chi connectivity index (χ4n) is 1.98. The third kappa shape index (κ3) is 4.38. The van der Waals surface area contributed by atoms with Crippen molar-refractivity contribution in [2.24, 2.45) is 0 Å². The van der Waals surface area contributed by atoms with E-state index in [0.717, 1.165) is 6.54 Å². The molecule has 0 aliphatic heterocycles. The third-order valence-corrected chi connectivity index (χ3v) is 2.91. The van der Waals surface area contributed by atoms with Crippen molar-refractivity contribution in [2.45, 2.75) is 13.8 Å². The molecule has 0 saturated heterocycles. The van der Waals surface area contributed by atoms with Gasteiger partial charge in [0.25, 0.3) is 0 Å². The Morgan fingerprint density at radius 1 is 1.35 bits per heavy atom. The molecule has 0 aliphatic rings. The highest BCUT2D eigenvalue weighted by Crippen LogP contribution is 2.31. The summed E-state index contributed by atoms with van der Waals surface area (Å²) in [5.41, 5.74) is 6.74. The number of hydrogen-bond donors (Lipinski definition) is 2. The van der Waals surface area contributed by atoms with Crippen molar-refractivity contribution >= 4 is 23.0 Å². The highest BCUT2D eigenvalue weighted by molar-refractivity contribution is 5.93. The molecule has 3 N–H and O–H groups in total. The van der Waals surface area contributed by atoms with Crippen LogP contribution in [0.15, 0.2) is 12.1 Å². The standard InChI is InChI=1S/C14H23FN4O/c1-5-19(7-6-18(3)4)14-12(15)8-11(16)9-13(14)17-10(2)20/h8-9H,5-7,16H2,1-4H3,(H,17,20). The Hall–Kier alpha value is -1.82. The summed E-state index contributed by atoms with van der Waals surface area (Å²) in [6.45, 7) is 5.43. The van der Waals surface area contributed by atoms with Crippen molar-refractivity contribution in [2.75, 3.05) is 49.7 Å². The molecule has 0 aliphatic carbocycles. The largest absolute Gasteiger partial charge is 0.399 e. The molecular weight excluding hydrogens is 259 g/mol. The highest BCUT2D eigenvalue weighted by Gasteiger charge is 2.17. The molecule has 6 heteroatoms. The summed E-state index contributed by atoms with van der Waals surface area (Å²) in [6.07, 6.45) is 0. The quantitative estimate of drug-likeness (QED) is 0.780. The number of halogens is 1. The van der Waals surface area contributed by atoms with Crippen molar-refractivity contribution < 1.29 is 9.18 Å². The average molecular weight is 282 g/mol. The van der Waals surface area contributed by atoms with Crippen LogP contribution in [-0.2, 0) is 4.79 Å². The fraction of sp³-hybridized carbons (Fsp3) is 0.500. The van der Waals surface area contributed by atoms with E-state index in [0.29, 0.717) is 30.2 Å². The van der Waals surface area contributed by atoms with Gasteiger partial charge >= 0.3 is 0 Å². The molecule has 20 heavy (non-hydrogen) atoms. The van der Waals surface area contributed by atoms with Gasteiger partial charge in [-0.2, -0.15) is 0 Å². The Kier molecular flexibility index (Phi) is 5.76.